The summed E-state index contributed by atoms with van der Waals surface area (Å²) in [5.41, 5.74) is 30.5. The van der Waals surface area contributed by atoms with Crippen molar-refractivity contribution in [2.24, 2.45) is 44.4 Å². The fourth-order valence-electron chi connectivity index (χ4n) is 2.22. The van der Waals surface area contributed by atoms with Gasteiger partial charge in [-0.2, -0.15) is 0 Å². The Morgan fingerprint density at radius 2 is 0.867 bits per heavy atom. The topological polar surface area (TPSA) is 351 Å². The molecule has 0 saturated carbocycles. The van der Waals surface area contributed by atoms with Gasteiger partial charge in [0.25, 0.3) is 11.9 Å². The molecule has 0 radical (unpaired) electrons. The highest BCUT2D eigenvalue weighted by Crippen LogP contribution is 2.17. The Hall–Kier alpha value is -6.24. The number of hydrogen-bond acceptors (Lipinski definition) is 8. The lowest BCUT2D eigenvalue weighted by atomic mass is 10.2. The van der Waals surface area contributed by atoms with Gasteiger partial charge in [0, 0.05) is 25.0 Å². The molecule has 45 heavy (non-hydrogen) atoms. The maximum Gasteiger partial charge on any atom is 0.387 e. The molecule has 0 unspecified atom stereocenters. The molecule has 14 N–H and O–H groups in total. The number of carboxylic acid groups (broad SMARTS) is 2. The third kappa shape index (κ3) is 21.2. The average molecular weight is 637 g/mol. The Bertz CT molecular complexity index is 1310. The molecule has 0 aliphatic carbocycles. The fraction of sp³-hybridized carbons (Fsp3) is 0.231. The SMILES string of the molecule is CC(=O)Oc1ccccc1C(=O)[O-].CC(=O)Oc1ccccc1C(=O)[O-].C[N+](C)=C(N)N=C(N)N.C[N+](C)=C(N)N=C(N)N.O. The Balaban J connectivity index is -0.000000528. The number of esters is 2. The number of guanidine groups is 4. The van der Waals surface area contributed by atoms with Crippen LogP contribution in [0.4, 0.5) is 0 Å². The molecule has 0 aliphatic heterocycles. The molecule has 2 aromatic rings. The van der Waals surface area contributed by atoms with Crippen LogP contribution in [-0.4, -0.2) is 90.5 Å². The molecule has 0 amide bonds. The van der Waals surface area contributed by atoms with Gasteiger partial charge in [-0.15, -0.1) is 0 Å². The highest BCUT2D eigenvalue weighted by molar-refractivity contribution is 5.91. The van der Waals surface area contributed by atoms with Crippen LogP contribution in [0.3, 0.4) is 0 Å². The summed E-state index contributed by atoms with van der Waals surface area (Å²) in [6, 6.07) is 11.6. The van der Waals surface area contributed by atoms with Gasteiger partial charge in [0.05, 0.1) is 40.1 Å². The Morgan fingerprint density at radius 3 is 1.04 bits per heavy atom. The lowest BCUT2D eigenvalue weighted by Gasteiger charge is -2.08. The molecule has 0 heterocycles. The van der Waals surface area contributed by atoms with Gasteiger partial charge < -0.3 is 57.7 Å². The number of carbonyl (C=O) groups is 4. The maximum absolute atomic E-state index is 10.6. The number of carboxylic acids is 2. The van der Waals surface area contributed by atoms with Crippen molar-refractivity contribution in [1.82, 2.24) is 0 Å². The zero-order valence-corrected chi connectivity index (χ0v) is 25.6. The smallest absolute Gasteiger partial charge is 0.387 e. The van der Waals surface area contributed by atoms with Crippen LogP contribution >= 0.6 is 0 Å². The molecule has 2 rings (SSSR count). The predicted octanol–water partition coefficient (Wildman–Crippen LogP) is -5.18. The molecule has 0 aliphatic rings. The van der Waals surface area contributed by atoms with Crippen LogP contribution in [-0.2, 0) is 9.59 Å². The summed E-state index contributed by atoms with van der Waals surface area (Å²) in [4.78, 5) is 49.2. The van der Waals surface area contributed by atoms with Crippen LogP contribution in [0.25, 0.3) is 0 Å². The molecule has 0 aromatic heterocycles. The van der Waals surface area contributed by atoms with Gasteiger partial charge in [0.2, 0.25) is 0 Å². The van der Waals surface area contributed by atoms with Crippen LogP contribution in [0.2, 0.25) is 0 Å². The minimum absolute atomic E-state index is 0. The van der Waals surface area contributed by atoms with Crippen LogP contribution < -0.4 is 54.1 Å². The standard InChI is InChI=1S/2C9H8O4.2C4H11N5.H2O/c2*1-6(10)13-8-5-3-2-4-7(8)9(11)12;2*1-9(2)4(7)8-3(5)6;/h2*2-5H,1H3,(H,11,12);2*1-2H3,(H5,5,6,7,8);1H2. The molecular formula is C26H40N10O9. The van der Waals surface area contributed by atoms with E-state index in [-0.39, 0.29) is 40.0 Å². The van der Waals surface area contributed by atoms with Crippen molar-refractivity contribution in [1.29, 1.82) is 0 Å². The summed E-state index contributed by atoms with van der Waals surface area (Å²) in [6.07, 6.45) is 0. The van der Waals surface area contributed by atoms with E-state index >= 15 is 0 Å². The van der Waals surface area contributed by atoms with Gasteiger partial charge in [0.1, 0.15) is 11.5 Å². The lowest BCUT2D eigenvalue weighted by Crippen LogP contribution is -2.29. The Labute approximate surface area is 259 Å². The van der Waals surface area contributed by atoms with E-state index in [2.05, 4.69) is 19.5 Å². The number of para-hydroxylation sites is 2. The zero-order valence-electron chi connectivity index (χ0n) is 25.6. The van der Waals surface area contributed by atoms with Crippen molar-refractivity contribution >= 4 is 47.7 Å². The fourth-order valence-corrected chi connectivity index (χ4v) is 2.22. The molecule has 248 valence electrons. The van der Waals surface area contributed by atoms with E-state index in [4.69, 9.17) is 34.4 Å². The largest absolute Gasteiger partial charge is 0.545 e. The summed E-state index contributed by atoms with van der Waals surface area (Å²) in [5.74, 6) is -3.28. The first-order valence-electron chi connectivity index (χ1n) is 12.1. The molecular weight excluding hydrogens is 596 g/mol. The normalized spacial score (nSPS) is 8.67. The van der Waals surface area contributed by atoms with Gasteiger partial charge in [0.15, 0.2) is 0 Å². The first kappa shape index (κ1) is 43.2. The quantitative estimate of drug-likeness (QED) is 0.0601. The van der Waals surface area contributed by atoms with E-state index in [0.29, 0.717) is 11.9 Å². The Morgan fingerprint density at radius 1 is 0.600 bits per heavy atom. The van der Waals surface area contributed by atoms with Crippen LogP contribution in [0.1, 0.15) is 34.6 Å². The zero-order chi connectivity index (χ0) is 34.6. The molecule has 0 saturated heterocycles. The number of nitrogens with zero attached hydrogens (tertiary/aromatic N) is 4. The number of rotatable bonds is 4. The van der Waals surface area contributed by atoms with Crippen LogP contribution in [0.15, 0.2) is 58.5 Å². The van der Waals surface area contributed by atoms with Gasteiger partial charge in [-0.25, -0.2) is 0 Å². The van der Waals surface area contributed by atoms with Gasteiger partial charge >= 0.3 is 23.9 Å². The monoisotopic (exact) mass is 636 g/mol. The van der Waals surface area contributed by atoms with Crippen molar-refractivity contribution in [2.45, 2.75) is 13.8 Å². The summed E-state index contributed by atoms with van der Waals surface area (Å²) in [7, 11) is 7.01. The van der Waals surface area contributed by atoms with Gasteiger partial charge in [-0.1, -0.05) is 24.3 Å². The molecule has 19 nitrogen and oxygen atoms in total. The molecule has 0 fully saturated rings. The highest BCUT2D eigenvalue weighted by Gasteiger charge is 2.06. The van der Waals surface area contributed by atoms with E-state index in [1.54, 1.807) is 49.5 Å². The molecule has 0 spiro atoms. The van der Waals surface area contributed by atoms with Crippen molar-refractivity contribution in [2.75, 3.05) is 28.2 Å². The number of aliphatic imine (C=N–C) groups is 2. The number of carbonyl (C=O) groups excluding carboxylic acids is 4. The van der Waals surface area contributed by atoms with Crippen LogP contribution in [0.5, 0.6) is 11.5 Å². The second-order valence-electron chi connectivity index (χ2n) is 8.33. The average Bonchev–Trinajstić information content (AvgIpc) is 2.88. The highest BCUT2D eigenvalue weighted by atomic mass is 16.5. The van der Waals surface area contributed by atoms with E-state index in [1.165, 1.54) is 50.2 Å². The summed E-state index contributed by atoms with van der Waals surface area (Å²) < 4.78 is 12.5. The predicted molar refractivity (Wildman–Crippen MR) is 162 cm³/mol. The molecule has 2 aromatic carbocycles. The van der Waals surface area contributed by atoms with Crippen molar-refractivity contribution < 1.29 is 53.5 Å². The summed E-state index contributed by atoms with van der Waals surface area (Å²) in [5, 5.41) is 21.0. The van der Waals surface area contributed by atoms with E-state index < -0.39 is 23.9 Å². The second kappa shape index (κ2) is 22.4. The van der Waals surface area contributed by atoms with E-state index in [1.807, 2.05) is 0 Å². The van der Waals surface area contributed by atoms with E-state index in [0.717, 1.165) is 0 Å². The number of hydrogen-bond donors (Lipinski definition) is 6. The molecule has 0 bridgehead atoms. The van der Waals surface area contributed by atoms with Crippen molar-refractivity contribution in [3.8, 4) is 11.5 Å². The minimum atomic E-state index is -1.36. The number of aromatic carboxylic acids is 2. The first-order valence-corrected chi connectivity index (χ1v) is 12.1. The third-order valence-electron chi connectivity index (χ3n) is 4.13. The number of nitrogens with two attached hydrogens (primary N) is 6. The number of benzene rings is 2. The second-order valence-corrected chi connectivity index (χ2v) is 8.33. The molecule has 0 atom stereocenters. The molecule has 19 heteroatoms. The van der Waals surface area contributed by atoms with Gasteiger partial charge in [-0.05, 0) is 34.3 Å². The van der Waals surface area contributed by atoms with Crippen LogP contribution in [0, 0.1) is 0 Å². The Kier molecular flexibility index (Phi) is 21.5. The van der Waals surface area contributed by atoms with E-state index in [9.17, 15) is 29.4 Å². The lowest BCUT2D eigenvalue weighted by molar-refractivity contribution is -0.466. The van der Waals surface area contributed by atoms with Gasteiger partial charge in [-0.3, -0.25) is 30.2 Å². The minimum Gasteiger partial charge on any atom is -0.545 e. The summed E-state index contributed by atoms with van der Waals surface area (Å²) in [6.45, 7) is 2.40. The maximum atomic E-state index is 10.6. The van der Waals surface area contributed by atoms with Crippen molar-refractivity contribution in [3.63, 3.8) is 0 Å². The summed E-state index contributed by atoms with van der Waals surface area (Å²) >= 11 is 0. The number of ether oxygens (including phenoxy) is 2. The third-order valence-corrected chi connectivity index (χ3v) is 4.13. The first-order chi connectivity index (χ1) is 20.3. The van der Waals surface area contributed by atoms with Crippen molar-refractivity contribution in [3.05, 3.63) is 59.7 Å².